The van der Waals surface area contributed by atoms with E-state index >= 15 is 0 Å². The molecule has 0 aromatic carbocycles. The highest BCUT2D eigenvalue weighted by Gasteiger charge is 2.33. The van der Waals surface area contributed by atoms with Crippen molar-refractivity contribution in [2.24, 2.45) is 0 Å². The first kappa shape index (κ1) is 19.9. The molecule has 1 aliphatic heterocycles. The molecule has 0 aromatic rings. The third-order valence-corrected chi connectivity index (χ3v) is 4.88. The second-order valence-electron chi connectivity index (χ2n) is 6.69. The lowest BCUT2D eigenvalue weighted by Crippen LogP contribution is -2.50. The van der Waals surface area contributed by atoms with Crippen LogP contribution in [0.4, 0.5) is 4.79 Å². The lowest BCUT2D eigenvalue weighted by Gasteiger charge is -2.30. The summed E-state index contributed by atoms with van der Waals surface area (Å²) in [4.78, 5) is 11.8. The first-order valence-corrected chi connectivity index (χ1v) is 9.24. The normalized spacial score (nSPS) is 20.3. The van der Waals surface area contributed by atoms with Gasteiger partial charge < -0.3 is 9.47 Å². The molecular formula is C15H28N2O5S. The molecule has 134 valence electrons. The van der Waals surface area contributed by atoms with Crippen molar-refractivity contribution in [3.05, 3.63) is 12.7 Å². The van der Waals surface area contributed by atoms with E-state index in [4.69, 9.17) is 9.47 Å². The lowest BCUT2D eigenvalue weighted by atomic mass is 10.2. The zero-order valence-corrected chi connectivity index (χ0v) is 15.2. The van der Waals surface area contributed by atoms with Crippen LogP contribution in [-0.4, -0.2) is 49.7 Å². The summed E-state index contributed by atoms with van der Waals surface area (Å²) in [6.45, 7) is 11.3. The Bertz CT molecular complexity index is 506. The topological polar surface area (TPSA) is 84.9 Å². The molecule has 0 unspecified atom stereocenters. The van der Waals surface area contributed by atoms with Gasteiger partial charge in [-0.15, -0.1) is 6.58 Å². The molecule has 1 saturated heterocycles. The van der Waals surface area contributed by atoms with E-state index in [1.165, 1.54) is 4.31 Å². The molecule has 0 spiro atoms. The molecule has 0 aromatic heterocycles. The van der Waals surface area contributed by atoms with Crippen molar-refractivity contribution < 1.29 is 22.7 Å². The van der Waals surface area contributed by atoms with E-state index in [2.05, 4.69) is 6.58 Å². The van der Waals surface area contributed by atoms with Crippen LogP contribution in [0.1, 0.15) is 47.0 Å². The Morgan fingerprint density at radius 2 is 2.17 bits per heavy atom. The van der Waals surface area contributed by atoms with Crippen LogP contribution in [0, 0.1) is 0 Å². The van der Waals surface area contributed by atoms with Crippen molar-refractivity contribution in [2.75, 3.05) is 13.2 Å². The minimum Gasteiger partial charge on any atom is -0.443 e. The zero-order valence-electron chi connectivity index (χ0n) is 14.4. The number of nitrogens with zero attached hydrogens (tertiary/aromatic N) is 1. The van der Waals surface area contributed by atoms with E-state index < -0.39 is 21.9 Å². The molecule has 0 saturated carbocycles. The van der Waals surface area contributed by atoms with E-state index in [0.29, 0.717) is 13.0 Å². The number of carbonyl (C=O) groups is 1. The average molecular weight is 348 g/mol. The van der Waals surface area contributed by atoms with Crippen molar-refractivity contribution in [3.8, 4) is 0 Å². The summed E-state index contributed by atoms with van der Waals surface area (Å²) in [5, 5.41) is 0. The Balaban J connectivity index is 2.84. The number of carbonyl (C=O) groups excluding carboxylic acids is 1. The Morgan fingerprint density at radius 3 is 2.65 bits per heavy atom. The minimum atomic E-state index is -4.02. The van der Waals surface area contributed by atoms with Crippen LogP contribution in [0.2, 0.25) is 0 Å². The lowest BCUT2D eigenvalue weighted by molar-refractivity contribution is 0.0559. The number of rotatable bonds is 7. The molecule has 1 rings (SSSR count). The first-order valence-electron chi connectivity index (χ1n) is 7.80. The van der Waals surface area contributed by atoms with E-state index in [0.717, 1.165) is 12.8 Å². The predicted molar refractivity (Wildman–Crippen MR) is 88.2 cm³/mol. The fourth-order valence-corrected chi connectivity index (χ4v) is 3.62. The summed E-state index contributed by atoms with van der Waals surface area (Å²) >= 11 is 0. The van der Waals surface area contributed by atoms with Crippen LogP contribution in [-0.2, 0) is 19.7 Å². The minimum absolute atomic E-state index is 0.155. The van der Waals surface area contributed by atoms with Gasteiger partial charge in [0.15, 0.2) is 0 Å². The number of nitrogens with one attached hydrogen (secondary N) is 1. The van der Waals surface area contributed by atoms with E-state index in [1.54, 1.807) is 33.8 Å². The monoisotopic (exact) mass is 348 g/mol. The van der Waals surface area contributed by atoms with E-state index in [9.17, 15) is 13.2 Å². The predicted octanol–water partition coefficient (Wildman–Crippen LogP) is 2.20. The summed E-state index contributed by atoms with van der Waals surface area (Å²) in [7, 11) is -4.02. The van der Waals surface area contributed by atoms with Crippen LogP contribution in [0.15, 0.2) is 12.7 Å². The SMILES string of the molecule is C=CC[C@@H](C)N(C[C@H]1CCCO1)S(=O)(=O)NC(=O)OC(C)(C)C. The van der Waals surface area contributed by atoms with Crippen LogP contribution in [0.25, 0.3) is 0 Å². The zero-order chi connectivity index (χ0) is 17.7. The fraction of sp³-hybridized carbons (Fsp3) is 0.800. The van der Waals surface area contributed by atoms with Crippen LogP contribution < -0.4 is 4.72 Å². The highest BCUT2D eigenvalue weighted by atomic mass is 32.2. The number of amides is 1. The van der Waals surface area contributed by atoms with Gasteiger partial charge in [0, 0.05) is 19.2 Å². The average Bonchev–Trinajstić information content (AvgIpc) is 2.85. The van der Waals surface area contributed by atoms with Crippen molar-refractivity contribution >= 4 is 16.3 Å². The maximum Gasteiger partial charge on any atom is 0.422 e. The molecule has 1 aliphatic rings. The van der Waals surface area contributed by atoms with Gasteiger partial charge in [-0.05, 0) is 47.0 Å². The number of hydrogen-bond acceptors (Lipinski definition) is 5. The maximum absolute atomic E-state index is 12.6. The Kier molecular flexibility index (Phi) is 7.03. The molecule has 1 N–H and O–H groups in total. The van der Waals surface area contributed by atoms with Gasteiger partial charge in [-0.3, -0.25) is 0 Å². The molecule has 8 heteroatoms. The largest absolute Gasteiger partial charge is 0.443 e. The van der Waals surface area contributed by atoms with Crippen LogP contribution in [0.5, 0.6) is 0 Å². The fourth-order valence-electron chi connectivity index (χ4n) is 2.33. The van der Waals surface area contributed by atoms with Gasteiger partial charge in [0.1, 0.15) is 5.60 Å². The van der Waals surface area contributed by atoms with Crippen molar-refractivity contribution in [2.45, 2.75) is 64.7 Å². The number of ether oxygens (including phenoxy) is 2. The smallest absolute Gasteiger partial charge is 0.422 e. The van der Waals surface area contributed by atoms with Crippen LogP contribution in [0.3, 0.4) is 0 Å². The van der Waals surface area contributed by atoms with Crippen molar-refractivity contribution in [3.63, 3.8) is 0 Å². The Hall–Kier alpha value is -1.12. The highest BCUT2D eigenvalue weighted by Crippen LogP contribution is 2.18. The molecule has 7 nitrogen and oxygen atoms in total. The Morgan fingerprint density at radius 1 is 1.52 bits per heavy atom. The second kappa shape index (κ2) is 8.12. The van der Waals surface area contributed by atoms with Crippen molar-refractivity contribution in [1.29, 1.82) is 0 Å². The molecule has 0 aliphatic carbocycles. The second-order valence-corrected chi connectivity index (χ2v) is 8.31. The molecule has 23 heavy (non-hydrogen) atoms. The molecule has 1 heterocycles. The van der Waals surface area contributed by atoms with E-state index in [1.807, 2.05) is 4.72 Å². The van der Waals surface area contributed by atoms with Crippen LogP contribution >= 0.6 is 0 Å². The summed E-state index contributed by atoms with van der Waals surface area (Å²) in [6, 6.07) is -0.336. The number of hydrogen-bond donors (Lipinski definition) is 1. The van der Waals surface area contributed by atoms with Gasteiger partial charge in [0.2, 0.25) is 0 Å². The quantitative estimate of drug-likeness (QED) is 0.713. The molecule has 0 bridgehead atoms. The third kappa shape index (κ3) is 6.88. The summed E-state index contributed by atoms with van der Waals surface area (Å²) in [6.07, 6.45) is 2.70. The highest BCUT2D eigenvalue weighted by molar-refractivity contribution is 7.87. The maximum atomic E-state index is 12.6. The van der Waals surface area contributed by atoms with Crippen molar-refractivity contribution in [1.82, 2.24) is 9.03 Å². The Labute approximate surface area is 139 Å². The van der Waals surface area contributed by atoms with Gasteiger partial charge in [-0.25, -0.2) is 9.52 Å². The third-order valence-electron chi connectivity index (χ3n) is 3.33. The van der Waals surface area contributed by atoms with Gasteiger partial charge in [-0.1, -0.05) is 6.08 Å². The molecular weight excluding hydrogens is 320 g/mol. The van der Waals surface area contributed by atoms with Gasteiger partial charge in [0.05, 0.1) is 6.10 Å². The molecule has 0 radical (unpaired) electrons. The van der Waals surface area contributed by atoms with Gasteiger partial charge in [0.25, 0.3) is 0 Å². The summed E-state index contributed by atoms with van der Waals surface area (Å²) < 4.78 is 38.9. The summed E-state index contributed by atoms with van der Waals surface area (Å²) in [5.74, 6) is 0. The standard InChI is InChI=1S/C15H28N2O5S/c1-6-8-12(2)17(11-13-9-7-10-21-13)23(19,20)16-14(18)22-15(3,4)5/h6,12-13H,1,7-11H2,2-5H3,(H,16,18)/t12-,13-/m1/s1. The van der Waals surface area contributed by atoms with Gasteiger partial charge in [-0.2, -0.15) is 12.7 Å². The first-order chi connectivity index (χ1) is 10.5. The van der Waals surface area contributed by atoms with Gasteiger partial charge >= 0.3 is 16.3 Å². The molecule has 1 amide bonds. The summed E-state index contributed by atoms with van der Waals surface area (Å²) in [5.41, 5.74) is -0.772. The molecule has 2 atom stereocenters. The van der Waals surface area contributed by atoms with E-state index in [-0.39, 0.29) is 18.7 Å². The molecule has 1 fully saturated rings.